The van der Waals surface area contributed by atoms with Crippen LogP contribution in [0.3, 0.4) is 0 Å². The summed E-state index contributed by atoms with van der Waals surface area (Å²) in [4.78, 5) is 31.3. The summed E-state index contributed by atoms with van der Waals surface area (Å²) in [7, 11) is -1.94. The highest BCUT2D eigenvalue weighted by Gasteiger charge is 2.24. The van der Waals surface area contributed by atoms with Gasteiger partial charge in [-0.15, -0.1) is 0 Å². The van der Waals surface area contributed by atoms with Gasteiger partial charge in [0.1, 0.15) is 12.6 Å². The van der Waals surface area contributed by atoms with E-state index in [9.17, 15) is 22.8 Å². The molecular formula is C26H33ClN4O7S. The lowest BCUT2D eigenvalue weighted by molar-refractivity contribution is -0.135. The quantitative estimate of drug-likeness (QED) is 0.238. The molecule has 1 atom stereocenters. The fourth-order valence-electron chi connectivity index (χ4n) is 2.93. The van der Waals surface area contributed by atoms with E-state index in [0.717, 1.165) is 17.4 Å². The number of benzene rings is 2. The van der Waals surface area contributed by atoms with Gasteiger partial charge in [0.25, 0.3) is 0 Å². The largest absolute Gasteiger partial charge is 0.493 e. The fourth-order valence-corrected chi connectivity index (χ4v) is 3.90. The van der Waals surface area contributed by atoms with Crippen molar-refractivity contribution in [3.63, 3.8) is 0 Å². The molecular weight excluding hydrogens is 548 g/mol. The summed E-state index contributed by atoms with van der Waals surface area (Å²) in [6.07, 6.45) is 1.58. The second-order valence-corrected chi connectivity index (χ2v) is 10.7. The number of methoxy groups -OCH3 is 1. The van der Waals surface area contributed by atoms with Crippen LogP contribution in [0.15, 0.2) is 42.5 Å². The van der Waals surface area contributed by atoms with Crippen molar-refractivity contribution in [3.05, 3.63) is 58.6 Å². The number of hydrogen-bond acceptors (Lipinski definition) is 7. The second kappa shape index (κ2) is 16.2. The number of sulfonamides is 1. The summed E-state index contributed by atoms with van der Waals surface area (Å²) < 4.78 is 36.5. The molecule has 2 aromatic rings. The number of hydrogen-bond donors (Lipinski definition) is 4. The second-order valence-electron chi connectivity index (χ2n) is 8.46. The zero-order chi connectivity index (χ0) is 29.6. The van der Waals surface area contributed by atoms with Gasteiger partial charge in [-0.1, -0.05) is 43.4 Å². The normalized spacial score (nSPS) is 11.2. The van der Waals surface area contributed by atoms with Crippen molar-refractivity contribution in [1.29, 1.82) is 0 Å². The predicted octanol–water partition coefficient (Wildman–Crippen LogP) is 0.969. The van der Waals surface area contributed by atoms with Crippen LogP contribution in [0, 0.1) is 17.8 Å². The first-order chi connectivity index (χ1) is 18.2. The number of nitrogens with one attached hydrogen (secondary N) is 2. The highest BCUT2D eigenvalue weighted by atomic mass is 35.5. The van der Waals surface area contributed by atoms with Gasteiger partial charge in [-0.25, -0.2) is 13.1 Å². The average molecular weight is 581 g/mol. The highest BCUT2D eigenvalue weighted by molar-refractivity contribution is 7.88. The van der Waals surface area contributed by atoms with E-state index in [2.05, 4.69) is 33.3 Å². The van der Waals surface area contributed by atoms with E-state index in [1.165, 1.54) is 0 Å². The number of ether oxygens (including phenoxy) is 2. The lowest BCUT2D eigenvalue weighted by atomic mass is 10.0. The minimum absolute atomic E-state index is 0.181. The van der Waals surface area contributed by atoms with E-state index in [4.69, 9.17) is 21.1 Å². The summed E-state index contributed by atoms with van der Waals surface area (Å²) in [5.74, 6) is 4.33. The van der Waals surface area contributed by atoms with Crippen molar-refractivity contribution < 1.29 is 32.3 Å². The van der Waals surface area contributed by atoms with Gasteiger partial charge in [0.05, 0.1) is 13.4 Å². The summed E-state index contributed by atoms with van der Waals surface area (Å²) in [5.41, 5.74) is 10.4. The minimum atomic E-state index is -3.49. The first-order valence-corrected chi connectivity index (χ1v) is 13.9. The van der Waals surface area contributed by atoms with E-state index >= 15 is 0 Å². The van der Waals surface area contributed by atoms with Gasteiger partial charge < -0.3 is 26.3 Å². The van der Waals surface area contributed by atoms with Crippen LogP contribution in [0.4, 0.5) is 0 Å². The molecule has 0 aromatic heterocycles. The van der Waals surface area contributed by atoms with Crippen molar-refractivity contribution >= 4 is 39.3 Å². The Morgan fingerprint density at radius 3 is 2.15 bits per heavy atom. The molecule has 2 aromatic carbocycles. The Bertz CT molecular complexity index is 1290. The number of rotatable bonds is 10. The average Bonchev–Trinajstić information content (AvgIpc) is 2.86. The predicted molar refractivity (Wildman–Crippen MR) is 149 cm³/mol. The molecule has 0 spiro atoms. The molecule has 0 saturated carbocycles. The summed E-state index contributed by atoms with van der Waals surface area (Å²) in [6, 6.07) is 11.9. The molecule has 13 heteroatoms. The number of nitrogens with two attached hydrogens (primary N) is 2. The topological polar surface area (TPSA) is 180 Å². The van der Waals surface area contributed by atoms with Crippen LogP contribution in [-0.2, 0) is 30.8 Å². The summed E-state index contributed by atoms with van der Waals surface area (Å²) in [6.45, 7) is 4.11. The molecule has 0 aliphatic carbocycles. The number of primary amides is 2. The maximum absolute atomic E-state index is 12.4. The SMILES string of the molecule is COc1cc(CCNC(=O)C(NS(C)(=O)=O)C(C)C)ccc1OCC#Cc1ccc(Cl)cc1.NC(=O)C(N)=O. The Hall–Kier alpha value is -3.79. The molecule has 6 N–H and O–H groups in total. The maximum atomic E-state index is 12.4. The monoisotopic (exact) mass is 580 g/mol. The third kappa shape index (κ3) is 13.5. The third-order valence-corrected chi connectivity index (χ3v) is 5.78. The first-order valence-electron chi connectivity index (χ1n) is 11.6. The number of carbonyl (C=O) groups excluding carboxylic acids is 3. The molecule has 0 radical (unpaired) electrons. The molecule has 0 heterocycles. The highest BCUT2D eigenvalue weighted by Crippen LogP contribution is 2.28. The van der Waals surface area contributed by atoms with Crippen molar-refractivity contribution in [3.8, 4) is 23.3 Å². The fraction of sp³-hybridized carbons (Fsp3) is 0.346. The van der Waals surface area contributed by atoms with Crippen molar-refractivity contribution in [1.82, 2.24) is 10.0 Å². The van der Waals surface area contributed by atoms with Gasteiger partial charge in [0.15, 0.2) is 11.5 Å². The molecule has 0 saturated heterocycles. The standard InChI is InChI=1S/C24H29ClN2O5S.C2H4N2O2/c1-17(2)23(27-33(4,29)30)24(28)26-14-13-19-9-12-21(22(16-19)31-3)32-15-5-6-18-7-10-20(25)11-8-18;3-1(5)2(4)6/h7-12,16-17,23,27H,13-15H2,1-4H3,(H,26,28);(H2,3,5)(H2,4,6). The van der Waals surface area contributed by atoms with Gasteiger partial charge >= 0.3 is 11.8 Å². The van der Waals surface area contributed by atoms with Crippen molar-refractivity contribution in [2.45, 2.75) is 26.3 Å². The van der Waals surface area contributed by atoms with Gasteiger partial charge in [0, 0.05) is 17.1 Å². The van der Waals surface area contributed by atoms with E-state index in [1.54, 1.807) is 39.2 Å². The molecule has 2 rings (SSSR count). The Kier molecular flexibility index (Phi) is 13.8. The Balaban J connectivity index is 0.00000113. The Morgan fingerprint density at radius 2 is 1.64 bits per heavy atom. The van der Waals surface area contributed by atoms with Crippen LogP contribution in [-0.4, -0.2) is 58.7 Å². The maximum Gasteiger partial charge on any atom is 0.306 e. The van der Waals surface area contributed by atoms with Crippen LogP contribution in [0.5, 0.6) is 11.5 Å². The molecule has 11 nitrogen and oxygen atoms in total. The van der Waals surface area contributed by atoms with E-state index in [0.29, 0.717) is 29.5 Å². The van der Waals surface area contributed by atoms with Gasteiger partial charge in [-0.3, -0.25) is 14.4 Å². The molecule has 0 aliphatic rings. The molecule has 0 bridgehead atoms. The Morgan fingerprint density at radius 1 is 1.03 bits per heavy atom. The van der Waals surface area contributed by atoms with Crippen molar-refractivity contribution in [2.75, 3.05) is 26.5 Å². The van der Waals surface area contributed by atoms with E-state index in [1.807, 2.05) is 24.3 Å². The van der Waals surface area contributed by atoms with Gasteiger partial charge in [-0.05, 0) is 54.3 Å². The van der Waals surface area contributed by atoms with Gasteiger partial charge in [0.2, 0.25) is 15.9 Å². The number of halogens is 1. The van der Waals surface area contributed by atoms with Crippen LogP contribution in [0.2, 0.25) is 5.02 Å². The Labute approximate surface area is 233 Å². The lowest BCUT2D eigenvalue weighted by Gasteiger charge is -2.20. The molecule has 3 amide bonds. The third-order valence-electron chi connectivity index (χ3n) is 4.85. The zero-order valence-corrected chi connectivity index (χ0v) is 23.7. The smallest absolute Gasteiger partial charge is 0.306 e. The first kappa shape index (κ1) is 33.2. The van der Waals surface area contributed by atoms with Crippen LogP contribution in [0.25, 0.3) is 0 Å². The van der Waals surface area contributed by atoms with Crippen LogP contribution < -0.4 is 31.0 Å². The molecule has 0 fully saturated rings. The van der Waals surface area contributed by atoms with Crippen LogP contribution >= 0.6 is 11.6 Å². The number of carbonyl (C=O) groups is 3. The number of amides is 3. The molecule has 0 aliphatic heterocycles. The van der Waals surface area contributed by atoms with E-state index in [-0.39, 0.29) is 18.4 Å². The lowest BCUT2D eigenvalue weighted by Crippen LogP contribution is -2.49. The van der Waals surface area contributed by atoms with Crippen molar-refractivity contribution in [2.24, 2.45) is 17.4 Å². The minimum Gasteiger partial charge on any atom is -0.493 e. The van der Waals surface area contributed by atoms with E-state index < -0.39 is 27.9 Å². The van der Waals surface area contributed by atoms with Crippen LogP contribution in [0.1, 0.15) is 25.0 Å². The summed E-state index contributed by atoms with van der Waals surface area (Å²) in [5, 5.41) is 3.44. The molecule has 212 valence electrons. The molecule has 1 unspecified atom stereocenters. The molecule has 39 heavy (non-hydrogen) atoms. The van der Waals surface area contributed by atoms with Gasteiger partial charge in [-0.2, -0.15) is 0 Å². The summed E-state index contributed by atoms with van der Waals surface area (Å²) >= 11 is 5.86. The zero-order valence-electron chi connectivity index (χ0n) is 22.1.